The fraction of sp³-hybridized carbons (Fsp3) is 0.300. The van der Waals surface area contributed by atoms with E-state index in [4.69, 9.17) is 4.74 Å². The first kappa shape index (κ1) is 15.8. The summed E-state index contributed by atoms with van der Waals surface area (Å²) in [5.74, 6) is 0. The van der Waals surface area contributed by atoms with E-state index in [0.29, 0.717) is 13.2 Å². The van der Waals surface area contributed by atoms with Crippen LogP contribution < -0.4 is 4.90 Å². The van der Waals surface area contributed by atoms with Crippen molar-refractivity contribution in [3.05, 3.63) is 77.1 Å². The van der Waals surface area contributed by atoms with Gasteiger partial charge in [0.25, 0.3) is 0 Å². The van der Waals surface area contributed by atoms with Gasteiger partial charge in [0.2, 0.25) is 0 Å². The van der Waals surface area contributed by atoms with E-state index in [9.17, 15) is 0 Å². The molecule has 1 atom stereocenters. The molecule has 0 spiro atoms. The molecule has 0 aliphatic carbocycles. The molecule has 1 saturated heterocycles. The summed E-state index contributed by atoms with van der Waals surface area (Å²) >= 11 is 0. The molecule has 25 heavy (non-hydrogen) atoms. The summed E-state index contributed by atoms with van der Waals surface area (Å²) in [6.45, 7) is 6.47. The van der Waals surface area contributed by atoms with Gasteiger partial charge in [0.05, 0.1) is 19.3 Å². The number of aryl methyl sites for hydroxylation is 2. The fourth-order valence-electron chi connectivity index (χ4n) is 3.17. The average molecular weight is 334 g/mol. The monoisotopic (exact) mass is 334 g/mol. The van der Waals surface area contributed by atoms with Crippen molar-refractivity contribution < 1.29 is 4.74 Å². The van der Waals surface area contributed by atoms with Crippen molar-refractivity contribution in [3.8, 4) is 0 Å². The van der Waals surface area contributed by atoms with Crippen LogP contribution in [0.4, 0.5) is 5.69 Å². The van der Waals surface area contributed by atoms with Gasteiger partial charge >= 0.3 is 0 Å². The summed E-state index contributed by atoms with van der Waals surface area (Å²) in [7, 11) is 0. The maximum absolute atomic E-state index is 5.94. The lowest BCUT2D eigenvalue weighted by molar-refractivity contribution is 0.110. The number of benzene rings is 2. The third kappa shape index (κ3) is 3.42. The summed E-state index contributed by atoms with van der Waals surface area (Å²) in [6, 6.07) is 17.0. The third-order valence-corrected chi connectivity index (χ3v) is 4.50. The van der Waals surface area contributed by atoms with Crippen LogP contribution in [0.25, 0.3) is 0 Å². The Morgan fingerprint density at radius 2 is 1.92 bits per heavy atom. The van der Waals surface area contributed by atoms with Crippen molar-refractivity contribution >= 4 is 5.69 Å². The Balaban J connectivity index is 1.53. The predicted molar refractivity (Wildman–Crippen MR) is 97.5 cm³/mol. The van der Waals surface area contributed by atoms with Crippen LogP contribution in [0.1, 0.15) is 28.6 Å². The molecule has 2 aromatic carbocycles. The third-order valence-electron chi connectivity index (χ3n) is 4.50. The number of anilines is 1. The van der Waals surface area contributed by atoms with Gasteiger partial charge in [0.1, 0.15) is 5.69 Å². The molecule has 5 nitrogen and oxygen atoms in total. The largest absolute Gasteiger partial charge is 0.350 e. The molecule has 0 amide bonds. The molecule has 1 unspecified atom stereocenters. The Morgan fingerprint density at radius 1 is 1.08 bits per heavy atom. The highest BCUT2D eigenvalue weighted by atomic mass is 16.5. The zero-order valence-electron chi connectivity index (χ0n) is 14.6. The van der Waals surface area contributed by atoms with Gasteiger partial charge < -0.3 is 9.64 Å². The Morgan fingerprint density at radius 3 is 2.72 bits per heavy atom. The van der Waals surface area contributed by atoms with Crippen LogP contribution in [0.15, 0.2) is 54.7 Å². The predicted octanol–water partition coefficient (Wildman–Crippen LogP) is 3.48. The first-order chi connectivity index (χ1) is 12.2. The zero-order valence-corrected chi connectivity index (χ0v) is 14.6. The van der Waals surface area contributed by atoms with Crippen molar-refractivity contribution in [1.82, 2.24) is 15.0 Å². The number of nitrogens with zero attached hydrogens (tertiary/aromatic N) is 4. The highest BCUT2D eigenvalue weighted by molar-refractivity contribution is 5.50. The lowest BCUT2D eigenvalue weighted by atomic mass is 10.1. The number of hydrogen-bond acceptors (Lipinski definition) is 4. The van der Waals surface area contributed by atoms with E-state index in [-0.39, 0.29) is 6.23 Å². The molecule has 2 heterocycles. The van der Waals surface area contributed by atoms with Crippen LogP contribution in [-0.2, 0) is 11.3 Å². The Hall–Kier alpha value is -2.66. The van der Waals surface area contributed by atoms with Gasteiger partial charge in [-0.1, -0.05) is 47.2 Å². The van der Waals surface area contributed by atoms with Gasteiger partial charge in [-0.05, 0) is 37.1 Å². The topological polar surface area (TPSA) is 43.2 Å². The van der Waals surface area contributed by atoms with E-state index in [1.165, 1.54) is 16.7 Å². The van der Waals surface area contributed by atoms with E-state index < -0.39 is 0 Å². The summed E-state index contributed by atoms with van der Waals surface area (Å²) in [5, 5.41) is 8.64. The molecular weight excluding hydrogens is 312 g/mol. The van der Waals surface area contributed by atoms with E-state index in [1.54, 1.807) is 0 Å². The lowest BCUT2D eigenvalue weighted by Crippen LogP contribution is -2.23. The minimum atomic E-state index is -0.173. The van der Waals surface area contributed by atoms with Gasteiger partial charge in [-0.25, -0.2) is 4.68 Å². The number of hydrogen-bond donors (Lipinski definition) is 0. The average Bonchev–Trinajstić information content (AvgIpc) is 3.26. The molecule has 0 saturated carbocycles. The smallest absolute Gasteiger partial charge is 0.177 e. The molecule has 0 radical (unpaired) electrons. The number of rotatable bonds is 4. The van der Waals surface area contributed by atoms with Crippen LogP contribution in [0.3, 0.4) is 0 Å². The van der Waals surface area contributed by atoms with Gasteiger partial charge in [-0.2, -0.15) is 0 Å². The standard InChI is InChI=1S/C20H22N4O/c1-15-6-8-17(9-7-15)13-23-14-19(21-22-23)20-24(10-11-25-20)18-5-3-4-16(2)12-18/h3-9,12,14,20H,10-11,13H2,1-2H3. The van der Waals surface area contributed by atoms with Crippen molar-refractivity contribution in [1.29, 1.82) is 0 Å². The minimum Gasteiger partial charge on any atom is -0.350 e. The molecule has 5 heteroatoms. The Labute approximate surface area is 147 Å². The van der Waals surface area contributed by atoms with Crippen LogP contribution in [0.2, 0.25) is 0 Å². The highest BCUT2D eigenvalue weighted by Gasteiger charge is 2.29. The molecular formula is C20H22N4O. The van der Waals surface area contributed by atoms with Crippen molar-refractivity contribution in [2.24, 2.45) is 0 Å². The first-order valence-corrected chi connectivity index (χ1v) is 8.59. The minimum absolute atomic E-state index is 0.173. The first-order valence-electron chi connectivity index (χ1n) is 8.59. The molecule has 1 aliphatic rings. The van der Waals surface area contributed by atoms with Crippen LogP contribution >= 0.6 is 0 Å². The summed E-state index contributed by atoms with van der Waals surface area (Å²) in [6.07, 6.45) is 1.81. The summed E-state index contributed by atoms with van der Waals surface area (Å²) in [5.41, 5.74) is 5.73. The molecule has 128 valence electrons. The Kier molecular flexibility index (Phi) is 4.24. The maximum atomic E-state index is 5.94. The Bertz CT molecular complexity index is 856. The fourth-order valence-corrected chi connectivity index (χ4v) is 3.17. The second kappa shape index (κ2) is 6.69. The van der Waals surface area contributed by atoms with Gasteiger partial charge in [0, 0.05) is 12.2 Å². The lowest BCUT2D eigenvalue weighted by Gasteiger charge is -2.23. The molecule has 1 fully saturated rings. The van der Waals surface area contributed by atoms with E-state index in [1.807, 2.05) is 10.9 Å². The van der Waals surface area contributed by atoms with Gasteiger partial charge in [-0.3, -0.25) is 0 Å². The molecule has 3 aromatic rings. The molecule has 4 rings (SSSR count). The van der Waals surface area contributed by atoms with Gasteiger partial charge in [0.15, 0.2) is 6.23 Å². The highest BCUT2D eigenvalue weighted by Crippen LogP contribution is 2.31. The van der Waals surface area contributed by atoms with Crippen LogP contribution in [0.5, 0.6) is 0 Å². The number of ether oxygens (including phenoxy) is 1. The molecule has 0 N–H and O–H groups in total. The second-order valence-corrected chi connectivity index (χ2v) is 6.58. The van der Waals surface area contributed by atoms with E-state index in [2.05, 4.69) is 77.6 Å². The van der Waals surface area contributed by atoms with E-state index >= 15 is 0 Å². The normalized spacial score (nSPS) is 17.2. The quantitative estimate of drug-likeness (QED) is 0.733. The molecule has 0 bridgehead atoms. The van der Waals surface area contributed by atoms with Crippen molar-refractivity contribution in [2.45, 2.75) is 26.6 Å². The summed E-state index contributed by atoms with van der Waals surface area (Å²) < 4.78 is 7.81. The summed E-state index contributed by atoms with van der Waals surface area (Å²) in [4.78, 5) is 2.24. The van der Waals surface area contributed by atoms with Crippen molar-refractivity contribution in [3.63, 3.8) is 0 Å². The van der Waals surface area contributed by atoms with Crippen LogP contribution in [-0.4, -0.2) is 28.1 Å². The zero-order chi connectivity index (χ0) is 17.2. The molecule has 1 aliphatic heterocycles. The van der Waals surface area contributed by atoms with E-state index in [0.717, 1.165) is 17.9 Å². The van der Waals surface area contributed by atoms with Crippen molar-refractivity contribution in [2.75, 3.05) is 18.1 Å². The SMILES string of the molecule is Cc1ccc(Cn2cc(C3OCCN3c3cccc(C)c3)nn2)cc1. The van der Waals surface area contributed by atoms with Crippen LogP contribution in [0, 0.1) is 13.8 Å². The number of aromatic nitrogens is 3. The van der Waals surface area contributed by atoms with Gasteiger partial charge in [-0.15, -0.1) is 5.10 Å². The second-order valence-electron chi connectivity index (χ2n) is 6.58. The molecule has 1 aromatic heterocycles. The maximum Gasteiger partial charge on any atom is 0.177 e.